The van der Waals surface area contributed by atoms with E-state index in [9.17, 15) is 0 Å². The minimum Gasteiger partial charge on any atom is -0.324 e. The molecule has 0 amide bonds. The van der Waals surface area contributed by atoms with Crippen LogP contribution >= 0.6 is 11.6 Å². The van der Waals surface area contributed by atoms with Crippen LogP contribution in [-0.2, 0) is 0 Å². The van der Waals surface area contributed by atoms with E-state index in [1.165, 1.54) is 11.1 Å². The number of nitrogens with two attached hydrogens (primary N) is 1. The van der Waals surface area contributed by atoms with Crippen LogP contribution in [0.1, 0.15) is 32.3 Å². The van der Waals surface area contributed by atoms with Gasteiger partial charge in [-0.15, -0.1) is 0 Å². The Hall–Kier alpha value is -0.790. The zero-order valence-corrected chi connectivity index (χ0v) is 10.6. The second-order valence-electron chi connectivity index (χ2n) is 5.41. The second kappa shape index (κ2) is 4.23. The van der Waals surface area contributed by atoms with Crippen molar-refractivity contribution in [2.75, 3.05) is 0 Å². The van der Waals surface area contributed by atoms with E-state index in [0.717, 1.165) is 17.9 Å². The second-order valence-corrected chi connectivity index (χ2v) is 5.85. The number of hydrogen-bond donors (Lipinski definition) is 1. The maximum Gasteiger partial charge on any atom is 0.0412 e. The van der Waals surface area contributed by atoms with Crippen molar-refractivity contribution < 1.29 is 0 Å². The average molecular weight is 236 g/mol. The Bertz CT molecular complexity index is 420. The van der Waals surface area contributed by atoms with Crippen molar-refractivity contribution in [3.8, 4) is 0 Å². The molecule has 0 aromatic heterocycles. The van der Waals surface area contributed by atoms with E-state index in [0.29, 0.717) is 0 Å². The molecule has 0 saturated heterocycles. The summed E-state index contributed by atoms with van der Waals surface area (Å²) in [6, 6.07) is 8.18. The molecule has 0 heterocycles. The summed E-state index contributed by atoms with van der Waals surface area (Å²) in [5, 5.41) is 0.787. The SMILES string of the molecule is CC1(C)CC(c2cccc(Cl)c2)=CC(N)C1. The molecular weight excluding hydrogens is 218 g/mol. The van der Waals surface area contributed by atoms with Gasteiger partial charge in [-0.25, -0.2) is 0 Å². The van der Waals surface area contributed by atoms with Crippen LogP contribution < -0.4 is 5.73 Å². The molecule has 2 N–H and O–H groups in total. The summed E-state index contributed by atoms with van der Waals surface area (Å²) in [5.74, 6) is 0. The molecular formula is C14H18ClN. The third-order valence-electron chi connectivity index (χ3n) is 3.07. The van der Waals surface area contributed by atoms with Crippen LogP contribution in [0.15, 0.2) is 30.3 Å². The summed E-state index contributed by atoms with van der Waals surface area (Å²) in [5.41, 5.74) is 8.88. The minimum absolute atomic E-state index is 0.165. The molecule has 1 aliphatic rings. The maximum atomic E-state index is 6.07. The van der Waals surface area contributed by atoms with Crippen LogP contribution in [0.25, 0.3) is 5.57 Å². The number of halogens is 1. The number of rotatable bonds is 1. The first-order valence-corrected chi connectivity index (χ1v) is 6.06. The van der Waals surface area contributed by atoms with E-state index in [1.54, 1.807) is 0 Å². The van der Waals surface area contributed by atoms with Crippen LogP contribution in [0, 0.1) is 5.41 Å². The summed E-state index contributed by atoms with van der Waals surface area (Å²) in [6.45, 7) is 4.54. The summed E-state index contributed by atoms with van der Waals surface area (Å²) in [4.78, 5) is 0. The first-order chi connectivity index (χ1) is 7.46. The molecule has 1 unspecified atom stereocenters. The van der Waals surface area contributed by atoms with E-state index in [2.05, 4.69) is 26.0 Å². The first kappa shape index (κ1) is 11.7. The lowest BCUT2D eigenvalue weighted by molar-refractivity contribution is 0.319. The average Bonchev–Trinajstić information content (AvgIpc) is 2.14. The van der Waals surface area contributed by atoms with E-state index in [-0.39, 0.29) is 11.5 Å². The van der Waals surface area contributed by atoms with Crippen molar-refractivity contribution in [3.05, 3.63) is 40.9 Å². The highest BCUT2D eigenvalue weighted by molar-refractivity contribution is 6.30. The van der Waals surface area contributed by atoms with Gasteiger partial charge in [-0.3, -0.25) is 0 Å². The van der Waals surface area contributed by atoms with Gasteiger partial charge in [0.1, 0.15) is 0 Å². The maximum absolute atomic E-state index is 6.07. The van der Waals surface area contributed by atoms with Crippen molar-refractivity contribution in [3.63, 3.8) is 0 Å². The Morgan fingerprint density at radius 2 is 2.12 bits per heavy atom. The quantitative estimate of drug-likeness (QED) is 0.786. The Balaban J connectivity index is 2.34. The van der Waals surface area contributed by atoms with Gasteiger partial charge in [0.05, 0.1) is 0 Å². The Kier molecular flexibility index (Phi) is 3.09. The minimum atomic E-state index is 0.165. The van der Waals surface area contributed by atoms with Crippen LogP contribution in [0.3, 0.4) is 0 Å². The summed E-state index contributed by atoms with van der Waals surface area (Å²) in [7, 11) is 0. The highest BCUT2D eigenvalue weighted by Gasteiger charge is 2.27. The molecule has 86 valence electrons. The summed E-state index contributed by atoms with van der Waals surface area (Å²) < 4.78 is 0. The lowest BCUT2D eigenvalue weighted by atomic mass is 9.74. The molecule has 1 nitrogen and oxygen atoms in total. The van der Waals surface area contributed by atoms with Gasteiger partial charge in [0.25, 0.3) is 0 Å². The highest BCUT2D eigenvalue weighted by atomic mass is 35.5. The van der Waals surface area contributed by atoms with Crippen LogP contribution in [0.4, 0.5) is 0 Å². The predicted molar refractivity (Wildman–Crippen MR) is 70.4 cm³/mol. The topological polar surface area (TPSA) is 26.0 Å². The van der Waals surface area contributed by atoms with E-state index in [4.69, 9.17) is 17.3 Å². The summed E-state index contributed by atoms with van der Waals surface area (Å²) >= 11 is 6.01. The molecule has 1 aromatic carbocycles. The van der Waals surface area contributed by atoms with Gasteiger partial charge in [0.15, 0.2) is 0 Å². The zero-order valence-electron chi connectivity index (χ0n) is 9.83. The molecule has 0 fully saturated rings. The fraction of sp³-hybridized carbons (Fsp3) is 0.429. The van der Waals surface area contributed by atoms with Gasteiger partial charge in [-0.1, -0.05) is 43.7 Å². The predicted octanol–water partition coefficient (Wildman–Crippen LogP) is 3.87. The number of hydrogen-bond acceptors (Lipinski definition) is 1. The fourth-order valence-electron chi connectivity index (χ4n) is 2.49. The van der Waals surface area contributed by atoms with Crippen LogP contribution in [-0.4, -0.2) is 6.04 Å². The van der Waals surface area contributed by atoms with Crippen LogP contribution in [0.5, 0.6) is 0 Å². The third-order valence-corrected chi connectivity index (χ3v) is 3.30. The highest BCUT2D eigenvalue weighted by Crippen LogP contribution is 2.39. The number of allylic oxidation sites excluding steroid dienone is 1. The Labute approximate surface area is 102 Å². The third kappa shape index (κ3) is 2.66. The molecule has 1 aliphatic carbocycles. The van der Waals surface area contributed by atoms with Gasteiger partial charge in [-0.05, 0) is 41.5 Å². The van der Waals surface area contributed by atoms with Gasteiger partial charge >= 0.3 is 0 Å². The zero-order chi connectivity index (χ0) is 11.8. The lowest BCUT2D eigenvalue weighted by Gasteiger charge is -2.33. The molecule has 16 heavy (non-hydrogen) atoms. The Morgan fingerprint density at radius 1 is 1.38 bits per heavy atom. The lowest BCUT2D eigenvalue weighted by Crippen LogP contribution is -2.30. The molecule has 2 rings (SSSR count). The van der Waals surface area contributed by atoms with Crippen LogP contribution in [0.2, 0.25) is 5.02 Å². The molecule has 0 aliphatic heterocycles. The van der Waals surface area contributed by atoms with Crippen molar-refractivity contribution in [1.29, 1.82) is 0 Å². The number of benzene rings is 1. The molecule has 0 saturated carbocycles. The fourth-order valence-corrected chi connectivity index (χ4v) is 2.68. The van der Waals surface area contributed by atoms with Gasteiger partial charge < -0.3 is 5.73 Å². The molecule has 0 radical (unpaired) electrons. The van der Waals surface area contributed by atoms with E-state index in [1.807, 2.05) is 18.2 Å². The normalized spacial score (nSPS) is 24.0. The van der Waals surface area contributed by atoms with Crippen molar-refractivity contribution in [1.82, 2.24) is 0 Å². The summed E-state index contributed by atoms with van der Waals surface area (Å²) in [6.07, 6.45) is 4.30. The molecule has 1 atom stereocenters. The van der Waals surface area contributed by atoms with Crippen molar-refractivity contribution >= 4 is 17.2 Å². The smallest absolute Gasteiger partial charge is 0.0412 e. The molecule has 2 heteroatoms. The van der Waals surface area contributed by atoms with Gasteiger partial charge in [-0.2, -0.15) is 0 Å². The molecule has 0 bridgehead atoms. The van der Waals surface area contributed by atoms with Gasteiger partial charge in [0.2, 0.25) is 0 Å². The van der Waals surface area contributed by atoms with Crippen molar-refractivity contribution in [2.24, 2.45) is 11.1 Å². The largest absolute Gasteiger partial charge is 0.324 e. The Morgan fingerprint density at radius 3 is 2.75 bits per heavy atom. The van der Waals surface area contributed by atoms with Gasteiger partial charge in [0, 0.05) is 11.1 Å². The van der Waals surface area contributed by atoms with E-state index < -0.39 is 0 Å². The molecule has 1 aromatic rings. The van der Waals surface area contributed by atoms with Crippen molar-refractivity contribution in [2.45, 2.75) is 32.7 Å². The monoisotopic (exact) mass is 235 g/mol. The standard InChI is InChI=1S/C14H18ClN/c1-14(2)8-11(7-13(16)9-14)10-4-3-5-12(15)6-10/h3-7,13H,8-9,16H2,1-2H3. The molecule has 0 spiro atoms. The van der Waals surface area contributed by atoms with E-state index >= 15 is 0 Å². The first-order valence-electron chi connectivity index (χ1n) is 5.68.